The zero-order chi connectivity index (χ0) is 13.1. The zero-order valence-electron chi connectivity index (χ0n) is 12.0. The van der Waals surface area contributed by atoms with Gasteiger partial charge in [0.15, 0.2) is 0 Å². The third kappa shape index (κ3) is 3.18. The Balaban J connectivity index is 1.56. The highest BCUT2D eigenvalue weighted by atomic mass is 15.3. The number of piperidine rings is 1. The van der Waals surface area contributed by atoms with E-state index in [1.54, 1.807) is 0 Å². The Morgan fingerprint density at radius 1 is 1.26 bits per heavy atom. The second-order valence-corrected chi connectivity index (χ2v) is 6.12. The number of aromatic nitrogens is 2. The van der Waals surface area contributed by atoms with E-state index in [1.165, 1.54) is 44.2 Å². The molecule has 2 heterocycles. The van der Waals surface area contributed by atoms with Crippen LogP contribution in [0.5, 0.6) is 0 Å². The molecule has 0 bridgehead atoms. The SMILES string of the molecule is CN(Cc1ccn(C2CCCC2)n1)C1CCNCC1. The van der Waals surface area contributed by atoms with Gasteiger partial charge in [0.25, 0.3) is 0 Å². The van der Waals surface area contributed by atoms with Crippen molar-refractivity contribution >= 4 is 0 Å². The van der Waals surface area contributed by atoms with Gasteiger partial charge in [0, 0.05) is 18.8 Å². The third-order valence-electron chi connectivity index (χ3n) is 4.71. The van der Waals surface area contributed by atoms with Gasteiger partial charge < -0.3 is 5.32 Å². The van der Waals surface area contributed by atoms with Crippen LogP contribution < -0.4 is 5.32 Å². The van der Waals surface area contributed by atoms with Crippen LogP contribution in [0.25, 0.3) is 0 Å². The minimum absolute atomic E-state index is 0.665. The average molecular weight is 262 g/mol. The fourth-order valence-corrected chi connectivity index (χ4v) is 3.47. The van der Waals surface area contributed by atoms with Gasteiger partial charge >= 0.3 is 0 Å². The van der Waals surface area contributed by atoms with E-state index in [9.17, 15) is 0 Å². The minimum Gasteiger partial charge on any atom is -0.317 e. The zero-order valence-corrected chi connectivity index (χ0v) is 12.0. The van der Waals surface area contributed by atoms with E-state index < -0.39 is 0 Å². The Morgan fingerprint density at radius 2 is 2.00 bits per heavy atom. The highest BCUT2D eigenvalue weighted by Gasteiger charge is 2.20. The van der Waals surface area contributed by atoms with Crippen molar-refractivity contribution in [1.82, 2.24) is 20.0 Å². The number of rotatable bonds is 4. The summed E-state index contributed by atoms with van der Waals surface area (Å²) < 4.78 is 2.21. The highest BCUT2D eigenvalue weighted by Crippen LogP contribution is 2.28. The maximum atomic E-state index is 4.79. The summed E-state index contributed by atoms with van der Waals surface area (Å²) in [6.07, 6.45) is 10.1. The lowest BCUT2D eigenvalue weighted by Crippen LogP contribution is -2.40. The van der Waals surface area contributed by atoms with Gasteiger partial charge in [0.2, 0.25) is 0 Å². The van der Waals surface area contributed by atoms with Crippen molar-refractivity contribution in [2.45, 2.75) is 57.2 Å². The highest BCUT2D eigenvalue weighted by molar-refractivity contribution is 5.00. The smallest absolute Gasteiger partial charge is 0.0764 e. The summed E-state index contributed by atoms with van der Waals surface area (Å²) in [5, 5.41) is 8.21. The lowest BCUT2D eigenvalue weighted by atomic mass is 10.1. The number of hydrogen-bond acceptors (Lipinski definition) is 3. The molecule has 1 aromatic heterocycles. The fraction of sp³-hybridized carbons (Fsp3) is 0.800. The van der Waals surface area contributed by atoms with Gasteiger partial charge in [-0.3, -0.25) is 9.58 Å². The van der Waals surface area contributed by atoms with E-state index >= 15 is 0 Å². The average Bonchev–Trinajstić information content (AvgIpc) is 3.10. The van der Waals surface area contributed by atoms with E-state index in [1.807, 2.05) is 0 Å². The van der Waals surface area contributed by atoms with Crippen LogP contribution in [-0.2, 0) is 6.54 Å². The summed E-state index contributed by atoms with van der Waals surface area (Å²) in [6, 6.07) is 3.59. The van der Waals surface area contributed by atoms with Crippen LogP contribution in [0.1, 0.15) is 50.3 Å². The lowest BCUT2D eigenvalue weighted by Gasteiger charge is -2.31. The Hall–Kier alpha value is -0.870. The molecular formula is C15H26N4. The maximum absolute atomic E-state index is 4.79. The molecule has 1 aliphatic carbocycles. The van der Waals surface area contributed by atoms with E-state index in [0.29, 0.717) is 6.04 Å². The molecule has 0 radical (unpaired) electrons. The Bertz CT molecular complexity index is 389. The summed E-state index contributed by atoms with van der Waals surface area (Å²) in [5.74, 6) is 0. The first-order valence-corrected chi connectivity index (χ1v) is 7.78. The van der Waals surface area contributed by atoms with Gasteiger partial charge in [-0.15, -0.1) is 0 Å². The van der Waals surface area contributed by atoms with E-state index in [-0.39, 0.29) is 0 Å². The molecule has 0 atom stereocenters. The van der Waals surface area contributed by atoms with Crippen LogP contribution in [0.3, 0.4) is 0 Å². The second-order valence-electron chi connectivity index (χ2n) is 6.12. The third-order valence-corrected chi connectivity index (χ3v) is 4.71. The predicted molar refractivity (Wildman–Crippen MR) is 77.1 cm³/mol. The van der Waals surface area contributed by atoms with Crippen LogP contribution in [-0.4, -0.2) is 40.9 Å². The quantitative estimate of drug-likeness (QED) is 0.903. The van der Waals surface area contributed by atoms with Crippen LogP contribution in [0.2, 0.25) is 0 Å². The Morgan fingerprint density at radius 3 is 2.74 bits per heavy atom. The van der Waals surface area contributed by atoms with Crippen LogP contribution in [0.15, 0.2) is 12.3 Å². The molecule has 106 valence electrons. The van der Waals surface area contributed by atoms with Gasteiger partial charge in [0.05, 0.1) is 11.7 Å². The van der Waals surface area contributed by atoms with Gasteiger partial charge in [0.1, 0.15) is 0 Å². The largest absolute Gasteiger partial charge is 0.317 e. The van der Waals surface area contributed by atoms with E-state index in [4.69, 9.17) is 5.10 Å². The molecule has 3 rings (SSSR count). The predicted octanol–water partition coefficient (Wildman–Crippen LogP) is 2.18. The topological polar surface area (TPSA) is 33.1 Å². The van der Waals surface area contributed by atoms with Gasteiger partial charge in [-0.2, -0.15) is 5.10 Å². The van der Waals surface area contributed by atoms with Crippen molar-refractivity contribution in [3.05, 3.63) is 18.0 Å². The molecule has 2 aliphatic rings. The molecule has 4 heteroatoms. The van der Waals surface area contributed by atoms with Crippen molar-refractivity contribution < 1.29 is 0 Å². The normalized spacial score (nSPS) is 22.4. The first-order valence-electron chi connectivity index (χ1n) is 7.78. The molecule has 19 heavy (non-hydrogen) atoms. The molecule has 0 amide bonds. The number of hydrogen-bond donors (Lipinski definition) is 1. The molecule has 0 aromatic carbocycles. The van der Waals surface area contributed by atoms with Crippen molar-refractivity contribution in [3.63, 3.8) is 0 Å². The second kappa shape index (κ2) is 6.06. The fourth-order valence-electron chi connectivity index (χ4n) is 3.47. The molecule has 1 saturated carbocycles. The van der Waals surface area contributed by atoms with Crippen molar-refractivity contribution in [1.29, 1.82) is 0 Å². The lowest BCUT2D eigenvalue weighted by molar-refractivity contribution is 0.189. The number of nitrogens with one attached hydrogen (secondary N) is 1. The summed E-state index contributed by atoms with van der Waals surface area (Å²) in [7, 11) is 2.24. The van der Waals surface area contributed by atoms with Gasteiger partial charge in [-0.25, -0.2) is 0 Å². The first kappa shape index (κ1) is 13.1. The van der Waals surface area contributed by atoms with Crippen molar-refractivity contribution in [2.24, 2.45) is 0 Å². The van der Waals surface area contributed by atoms with E-state index in [2.05, 4.69) is 34.2 Å². The molecule has 1 aromatic rings. The molecule has 2 fully saturated rings. The molecule has 4 nitrogen and oxygen atoms in total. The molecule has 1 saturated heterocycles. The molecule has 0 spiro atoms. The summed E-state index contributed by atoms with van der Waals surface area (Å²) in [4.78, 5) is 2.47. The molecule has 1 N–H and O–H groups in total. The van der Waals surface area contributed by atoms with Crippen molar-refractivity contribution in [3.8, 4) is 0 Å². The Kier molecular flexibility index (Phi) is 4.18. The summed E-state index contributed by atoms with van der Waals surface area (Å²) >= 11 is 0. The summed E-state index contributed by atoms with van der Waals surface area (Å²) in [5.41, 5.74) is 1.23. The minimum atomic E-state index is 0.665. The first-order chi connectivity index (χ1) is 9.33. The summed E-state index contributed by atoms with van der Waals surface area (Å²) in [6.45, 7) is 3.31. The molecule has 1 aliphatic heterocycles. The maximum Gasteiger partial charge on any atom is 0.0764 e. The van der Waals surface area contributed by atoms with Crippen LogP contribution in [0.4, 0.5) is 0 Å². The number of nitrogens with zero attached hydrogens (tertiary/aromatic N) is 3. The van der Waals surface area contributed by atoms with Crippen molar-refractivity contribution in [2.75, 3.05) is 20.1 Å². The Labute approximate surface area is 116 Å². The van der Waals surface area contributed by atoms with Gasteiger partial charge in [-0.05, 0) is 51.9 Å². The van der Waals surface area contributed by atoms with Crippen LogP contribution >= 0.6 is 0 Å². The standard InChI is InChI=1S/C15H26N4/c1-18(14-6-9-16-10-7-14)12-13-8-11-19(17-13)15-4-2-3-5-15/h8,11,14-16H,2-7,9-10,12H2,1H3. The van der Waals surface area contributed by atoms with E-state index in [0.717, 1.165) is 25.7 Å². The monoisotopic (exact) mass is 262 g/mol. The van der Waals surface area contributed by atoms with Crippen LogP contribution in [0, 0.1) is 0 Å². The molecular weight excluding hydrogens is 236 g/mol. The van der Waals surface area contributed by atoms with Gasteiger partial charge in [-0.1, -0.05) is 12.8 Å². The molecule has 0 unspecified atom stereocenters.